The molecule has 0 aliphatic carbocycles. The highest BCUT2D eigenvalue weighted by molar-refractivity contribution is 7.89. The van der Waals surface area contributed by atoms with Gasteiger partial charge in [0.05, 0.1) is 0 Å². The van der Waals surface area contributed by atoms with Gasteiger partial charge in [0.25, 0.3) is 0 Å². The highest BCUT2D eigenvalue weighted by Gasteiger charge is 2.23. The molecule has 3 aromatic rings. The minimum Gasteiger partial charge on any atom is -0.327 e. The number of benzene rings is 1. The Morgan fingerprint density at radius 1 is 1.00 bits per heavy atom. The average molecular weight is 365 g/mol. The predicted octanol–water partition coefficient (Wildman–Crippen LogP) is 1.60. The maximum atomic E-state index is 13.6. The van der Waals surface area contributed by atoms with Crippen LogP contribution in [0, 0.1) is 11.6 Å². The van der Waals surface area contributed by atoms with Crippen LogP contribution in [0.3, 0.4) is 0 Å². The molecule has 0 saturated heterocycles. The minimum atomic E-state index is -4.32. The molecule has 0 bridgehead atoms. The molecule has 25 heavy (non-hydrogen) atoms. The van der Waals surface area contributed by atoms with Crippen LogP contribution >= 0.6 is 0 Å². The van der Waals surface area contributed by atoms with Crippen molar-refractivity contribution in [1.29, 1.82) is 0 Å². The molecule has 2 heterocycles. The van der Waals surface area contributed by atoms with Crippen molar-refractivity contribution in [1.82, 2.24) is 24.2 Å². The van der Waals surface area contributed by atoms with E-state index in [1.54, 1.807) is 29.2 Å². The van der Waals surface area contributed by atoms with E-state index in [4.69, 9.17) is 0 Å². The zero-order valence-electron chi connectivity index (χ0n) is 12.8. The van der Waals surface area contributed by atoms with Gasteiger partial charge in [-0.3, -0.25) is 0 Å². The Morgan fingerprint density at radius 3 is 2.36 bits per heavy atom. The van der Waals surface area contributed by atoms with E-state index in [1.165, 1.54) is 6.20 Å². The second kappa shape index (κ2) is 7.03. The third-order valence-corrected chi connectivity index (χ3v) is 4.83. The van der Waals surface area contributed by atoms with E-state index in [0.29, 0.717) is 11.6 Å². The van der Waals surface area contributed by atoms with Gasteiger partial charge in [-0.2, -0.15) is 0 Å². The summed E-state index contributed by atoms with van der Waals surface area (Å²) >= 11 is 0. The van der Waals surface area contributed by atoms with E-state index in [1.807, 2.05) is 0 Å². The van der Waals surface area contributed by atoms with Crippen molar-refractivity contribution >= 4 is 10.0 Å². The molecular formula is C15H13F2N5O2S. The van der Waals surface area contributed by atoms with E-state index in [9.17, 15) is 17.2 Å². The lowest BCUT2D eigenvalue weighted by molar-refractivity contribution is 0.512. The number of hydrogen-bond acceptors (Lipinski definition) is 5. The number of nitrogens with one attached hydrogen (secondary N) is 1. The van der Waals surface area contributed by atoms with E-state index in [2.05, 4.69) is 19.7 Å². The van der Waals surface area contributed by atoms with Gasteiger partial charge in [0.2, 0.25) is 10.0 Å². The predicted molar refractivity (Wildman–Crippen MR) is 84.8 cm³/mol. The molecule has 0 saturated carbocycles. The summed E-state index contributed by atoms with van der Waals surface area (Å²) in [5.74, 6) is -1.45. The van der Waals surface area contributed by atoms with E-state index < -0.39 is 26.6 Å². The number of halogens is 2. The fourth-order valence-electron chi connectivity index (χ4n) is 2.22. The molecule has 10 heteroatoms. The lowest BCUT2D eigenvalue weighted by atomic mass is 10.3. The van der Waals surface area contributed by atoms with Gasteiger partial charge in [-0.15, -0.1) is 0 Å². The quantitative estimate of drug-likeness (QED) is 0.717. The van der Waals surface area contributed by atoms with Crippen molar-refractivity contribution in [2.45, 2.75) is 11.4 Å². The maximum Gasteiger partial charge on any atom is 0.246 e. The van der Waals surface area contributed by atoms with Crippen LogP contribution in [0.2, 0.25) is 0 Å². The first-order valence-corrected chi connectivity index (χ1v) is 8.69. The summed E-state index contributed by atoms with van der Waals surface area (Å²) in [4.78, 5) is 11.3. The molecule has 0 fully saturated rings. The van der Waals surface area contributed by atoms with E-state index in [0.717, 1.165) is 18.2 Å². The highest BCUT2D eigenvalue weighted by Crippen LogP contribution is 2.18. The normalized spacial score (nSPS) is 11.6. The Morgan fingerprint density at radius 2 is 1.68 bits per heavy atom. The summed E-state index contributed by atoms with van der Waals surface area (Å²) in [7, 11) is -4.32. The molecule has 0 aliphatic heterocycles. The maximum absolute atomic E-state index is 13.6. The fourth-order valence-corrected chi connectivity index (χ4v) is 3.38. The zero-order valence-corrected chi connectivity index (χ0v) is 13.6. The minimum absolute atomic E-state index is 0.0910. The van der Waals surface area contributed by atoms with Crippen LogP contribution in [0.1, 0.15) is 0 Å². The van der Waals surface area contributed by atoms with Crippen LogP contribution in [0.25, 0.3) is 11.6 Å². The fraction of sp³-hybridized carbons (Fsp3) is 0.133. The molecule has 0 atom stereocenters. The summed E-state index contributed by atoms with van der Waals surface area (Å²) in [5.41, 5.74) is 0. The molecule has 3 rings (SSSR count). The molecule has 0 amide bonds. The van der Waals surface area contributed by atoms with Crippen LogP contribution in [0.15, 0.2) is 53.9 Å². The van der Waals surface area contributed by atoms with Gasteiger partial charge in [0, 0.05) is 37.9 Å². The Kier molecular flexibility index (Phi) is 4.81. The molecule has 0 spiro atoms. The molecule has 0 radical (unpaired) electrons. The smallest absolute Gasteiger partial charge is 0.246 e. The van der Waals surface area contributed by atoms with Gasteiger partial charge in [-0.25, -0.2) is 36.9 Å². The lowest BCUT2D eigenvalue weighted by Crippen LogP contribution is -2.29. The molecule has 7 nitrogen and oxygen atoms in total. The Labute approximate surface area is 142 Å². The van der Waals surface area contributed by atoms with Crippen molar-refractivity contribution in [2.24, 2.45) is 0 Å². The average Bonchev–Trinajstić information content (AvgIpc) is 3.03. The van der Waals surface area contributed by atoms with E-state index >= 15 is 0 Å². The standard InChI is InChI=1S/C15H13F2N5O2S/c16-11-3-1-4-12(17)13(11)25(23,24)21-8-10-22-9-7-20-15(22)14-18-5-2-6-19-14/h1-7,9,21H,8,10H2. The summed E-state index contributed by atoms with van der Waals surface area (Å²) in [6.07, 6.45) is 6.27. The molecule has 0 aliphatic rings. The molecule has 0 unspecified atom stereocenters. The highest BCUT2D eigenvalue weighted by atomic mass is 32.2. The van der Waals surface area contributed by atoms with Gasteiger partial charge in [-0.1, -0.05) is 6.07 Å². The van der Waals surface area contributed by atoms with Gasteiger partial charge >= 0.3 is 0 Å². The Hall–Kier alpha value is -2.72. The van der Waals surface area contributed by atoms with Gasteiger partial charge in [0.1, 0.15) is 11.6 Å². The first kappa shape index (κ1) is 17.1. The summed E-state index contributed by atoms with van der Waals surface area (Å²) in [5, 5.41) is 0. The van der Waals surface area contributed by atoms with Crippen LogP contribution in [0.4, 0.5) is 8.78 Å². The van der Waals surface area contributed by atoms with Crippen LogP contribution in [-0.4, -0.2) is 34.5 Å². The molecular weight excluding hydrogens is 352 g/mol. The lowest BCUT2D eigenvalue weighted by Gasteiger charge is -2.10. The summed E-state index contributed by atoms with van der Waals surface area (Å²) in [6.45, 7) is 0.0925. The number of imidazole rings is 1. The number of sulfonamides is 1. The Balaban J connectivity index is 1.73. The second-order valence-electron chi connectivity index (χ2n) is 4.97. The van der Waals surface area contributed by atoms with E-state index in [-0.39, 0.29) is 13.1 Å². The van der Waals surface area contributed by atoms with Crippen molar-refractivity contribution in [3.8, 4) is 11.6 Å². The molecule has 2 aromatic heterocycles. The van der Waals surface area contributed by atoms with Crippen LogP contribution < -0.4 is 4.72 Å². The summed E-state index contributed by atoms with van der Waals surface area (Å²) < 4.78 is 55.3. The molecule has 130 valence electrons. The first-order valence-electron chi connectivity index (χ1n) is 7.21. The molecule has 1 N–H and O–H groups in total. The number of rotatable bonds is 6. The van der Waals surface area contributed by atoms with Gasteiger partial charge in [-0.05, 0) is 18.2 Å². The van der Waals surface area contributed by atoms with Crippen LogP contribution in [-0.2, 0) is 16.6 Å². The van der Waals surface area contributed by atoms with Crippen LogP contribution in [0.5, 0.6) is 0 Å². The van der Waals surface area contributed by atoms with Gasteiger partial charge < -0.3 is 4.57 Å². The van der Waals surface area contributed by atoms with Gasteiger partial charge in [0.15, 0.2) is 16.5 Å². The largest absolute Gasteiger partial charge is 0.327 e. The second-order valence-corrected chi connectivity index (χ2v) is 6.67. The summed E-state index contributed by atoms with van der Waals surface area (Å²) in [6, 6.07) is 4.53. The topological polar surface area (TPSA) is 89.8 Å². The third-order valence-electron chi connectivity index (χ3n) is 3.31. The monoisotopic (exact) mass is 365 g/mol. The SMILES string of the molecule is O=S(=O)(NCCn1ccnc1-c1ncccn1)c1c(F)cccc1F. The Bertz CT molecular complexity index is 956. The van der Waals surface area contributed by atoms with Crippen molar-refractivity contribution in [3.05, 3.63) is 60.7 Å². The van der Waals surface area contributed by atoms with Crippen molar-refractivity contribution in [2.75, 3.05) is 6.54 Å². The third kappa shape index (κ3) is 3.69. The number of aromatic nitrogens is 4. The zero-order chi connectivity index (χ0) is 17.9. The molecule has 1 aromatic carbocycles. The van der Waals surface area contributed by atoms with Crippen molar-refractivity contribution in [3.63, 3.8) is 0 Å². The number of nitrogens with zero attached hydrogens (tertiary/aromatic N) is 4. The van der Waals surface area contributed by atoms with Crippen molar-refractivity contribution < 1.29 is 17.2 Å². The first-order chi connectivity index (χ1) is 12.0. The number of hydrogen-bond donors (Lipinski definition) is 1.